The van der Waals surface area contributed by atoms with Gasteiger partial charge in [-0.3, -0.25) is 14.2 Å². The summed E-state index contributed by atoms with van der Waals surface area (Å²) in [4.78, 5) is 29.2. The average Bonchev–Trinajstić information content (AvgIpc) is 2.75. The van der Waals surface area contributed by atoms with Gasteiger partial charge in [0.25, 0.3) is 11.5 Å². The summed E-state index contributed by atoms with van der Waals surface area (Å²) < 4.78 is 6.93. The lowest BCUT2D eigenvalue weighted by molar-refractivity contribution is 0.102. The summed E-state index contributed by atoms with van der Waals surface area (Å²) in [6, 6.07) is 11.2. The van der Waals surface area contributed by atoms with E-state index in [-0.39, 0.29) is 23.3 Å². The number of benzene rings is 2. The summed E-state index contributed by atoms with van der Waals surface area (Å²) in [5.74, 6) is 0.326. The summed E-state index contributed by atoms with van der Waals surface area (Å²) in [6.07, 6.45) is 0.688. The number of hydrogen-bond acceptors (Lipinski definition) is 4. The SMILES string of the molecule is COCCCn1c(=S)[nH]c2cc(C(=O)Nc3c(C(C)C)cccc3C(C)C)ccc2c1=O. The van der Waals surface area contributed by atoms with Gasteiger partial charge in [0.2, 0.25) is 0 Å². The fraction of sp³-hybridized carbons (Fsp3) is 0.400. The molecule has 0 saturated heterocycles. The third-order valence-electron chi connectivity index (χ3n) is 5.59. The Labute approximate surface area is 193 Å². The van der Waals surface area contributed by atoms with Gasteiger partial charge in [0.15, 0.2) is 4.77 Å². The lowest BCUT2D eigenvalue weighted by Crippen LogP contribution is -2.23. The van der Waals surface area contributed by atoms with Crippen LogP contribution in [0.25, 0.3) is 10.9 Å². The van der Waals surface area contributed by atoms with Crippen LogP contribution in [0.4, 0.5) is 5.69 Å². The zero-order valence-corrected chi connectivity index (χ0v) is 20.1. The van der Waals surface area contributed by atoms with Crippen molar-refractivity contribution >= 4 is 34.7 Å². The van der Waals surface area contributed by atoms with E-state index in [1.807, 2.05) is 6.07 Å². The molecule has 1 aromatic heterocycles. The molecule has 0 unspecified atom stereocenters. The molecule has 0 radical (unpaired) electrons. The third-order valence-corrected chi connectivity index (χ3v) is 5.91. The maximum absolute atomic E-state index is 13.2. The Morgan fingerprint density at radius 3 is 2.38 bits per heavy atom. The molecule has 0 aliphatic carbocycles. The predicted molar refractivity (Wildman–Crippen MR) is 132 cm³/mol. The molecule has 3 rings (SSSR count). The van der Waals surface area contributed by atoms with Gasteiger partial charge in [-0.15, -0.1) is 0 Å². The fourth-order valence-corrected chi connectivity index (χ4v) is 4.13. The summed E-state index contributed by atoms with van der Waals surface area (Å²) in [6.45, 7) is 9.48. The number of aromatic nitrogens is 2. The molecular formula is C25H31N3O3S. The lowest BCUT2D eigenvalue weighted by Gasteiger charge is -2.20. The van der Waals surface area contributed by atoms with Crippen LogP contribution in [-0.4, -0.2) is 29.2 Å². The van der Waals surface area contributed by atoms with E-state index in [1.165, 1.54) is 4.57 Å². The van der Waals surface area contributed by atoms with E-state index >= 15 is 0 Å². The van der Waals surface area contributed by atoms with E-state index in [4.69, 9.17) is 17.0 Å². The van der Waals surface area contributed by atoms with Crippen molar-refractivity contribution in [3.05, 3.63) is 68.2 Å². The van der Waals surface area contributed by atoms with Crippen molar-refractivity contribution in [1.82, 2.24) is 9.55 Å². The lowest BCUT2D eigenvalue weighted by atomic mass is 9.92. The van der Waals surface area contributed by atoms with E-state index in [0.29, 0.717) is 40.8 Å². The van der Waals surface area contributed by atoms with Gasteiger partial charge < -0.3 is 15.0 Å². The van der Waals surface area contributed by atoms with Crippen molar-refractivity contribution in [3.8, 4) is 0 Å². The normalized spacial score (nSPS) is 11.5. The van der Waals surface area contributed by atoms with Gasteiger partial charge in [-0.05, 0) is 59.8 Å². The highest BCUT2D eigenvalue weighted by Gasteiger charge is 2.17. The van der Waals surface area contributed by atoms with Crippen LogP contribution in [0, 0.1) is 4.77 Å². The molecule has 2 N–H and O–H groups in total. The molecule has 6 nitrogen and oxygen atoms in total. The molecule has 0 saturated carbocycles. The highest BCUT2D eigenvalue weighted by atomic mass is 32.1. The second-order valence-corrected chi connectivity index (χ2v) is 8.96. The molecule has 0 aliphatic rings. The molecule has 0 bridgehead atoms. The Morgan fingerprint density at radius 1 is 1.12 bits per heavy atom. The van der Waals surface area contributed by atoms with Crippen LogP contribution < -0.4 is 10.9 Å². The number of carbonyl (C=O) groups is 1. The maximum atomic E-state index is 13.2. The molecule has 0 fully saturated rings. The number of fused-ring (bicyclic) bond motifs is 1. The van der Waals surface area contributed by atoms with Gasteiger partial charge in [0.1, 0.15) is 0 Å². The van der Waals surface area contributed by atoms with Gasteiger partial charge in [-0.25, -0.2) is 0 Å². The first kappa shape index (κ1) is 23.9. The predicted octanol–water partition coefficient (Wildman–Crippen LogP) is 5.59. The number of hydrogen-bond donors (Lipinski definition) is 2. The van der Waals surface area contributed by atoms with Crippen molar-refractivity contribution < 1.29 is 9.53 Å². The molecule has 1 amide bonds. The van der Waals surface area contributed by atoms with E-state index in [1.54, 1.807) is 25.3 Å². The quantitative estimate of drug-likeness (QED) is 0.344. The van der Waals surface area contributed by atoms with Gasteiger partial charge in [0.05, 0.1) is 10.9 Å². The Bertz CT molecular complexity index is 1220. The summed E-state index contributed by atoms with van der Waals surface area (Å²) in [7, 11) is 1.63. The highest BCUT2D eigenvalue weighted by molar-refractivity contribution is 7.71. The maximum Gasteiger partial charge on any atom is 0.262 e. The van der Waals surface area contributed by atoms with Crippen LogP contribution in [0.3, 0.4) is 0 Å². The Hall–Kier alpha value is -2.77. The smallest absolute Gasteiger partial charge is 0.262 e. The van der Waals surface area contributed by atoms with Gasteiger partial charge in [-0.2, -0.15) is 0 Å². The van der Waals surface area contributed by atoms with Crippen LogP contribution in [0.2, 0.25) is 0 Å². The first-order valence-electron chi connectivity index (χ1n) is 10.9. The minimum Gasteiger partial charge on any atom is -0.385 e. The van der Waals surface area contributed by atoms with Gasteiger partial charge >= 0.3 is 0 Å². The van der Waals surface area contributed by atoms with Crippen molar-refractivity contribution in [2.45, 2.75) is 52.5 Å². The molecule has 1 heterocycles. The van der Waals surface area contributed by atoms with Crippen LogP contribution in [0.1, 0.15) is 67.4 Å². The molecule has 0 aliphatic heterocycles. The van der Waals surface area contributed by atoms with Crippen molar-refractivity contribution in [2.75, 3.05) is 19.0 Å². The number of H-pyrrole nitrogens is 1. The molecule has 7 heteroatoms. The Morgan fingerprint density at radius 2 is 1.78 bits per heavy atom. The molecule has 2 aromatic carbocycles. The standard InChI is InChI=1S/C25H31N3O3S/c1-15(2)18-8-6-9-19(16(3)4)22(18)27-23(29)17-10-11-20-21(14-17)26-25(32)28(24(20)30)12-7-13-31-5/h6,8-11,14-16H,7,12-13H2,1-5H3,(H,26,32)(H,27,29). The number of methoxy groups -OCH3 is 1. The number of nitrogens with zero attached hydrogens (tertiary/aromatic N) is 1. The molecule has 0 spiro atoms. The topological polar surface area (TPSA) is 76.1 Å². The number of aromatic amines is 1. The van der Waals surface area contributed by atoms with E-state index in [9.17, 15) is 9.59 Å². The monoisotopic (exact) mass is 453 g/mol. The fourth-order valence-electron chi connectivity index (χ4n) is 3.85. The summed E-state index contributed by atoms with van der Waals surface area (Å²) >= 11 is 5.39. The van der Waals surface area contributed by atoms with E-state index < -0.39 is 0 Å². The molecule has 3 aromatic rings. The second kappa shape index (κ2) is 10.2. The molecule has 32 heavy (non-hydrogen) atoms. The number of amides is 1. The van der Waals surface area contributed by atoms with Crippen LogP contribution in [-0.2, 0) is 11.3 Å². The minimum atomic E-state index is -0.217. The summed E-state index contributed by atoms with van der Waals surface area (Å²) in [5.41, 5.74) is 3.92. The summed E-state index contributed by atoms with van der Waals surface area (Å²) in [5, 5.41) is 3.62. The van der Waals surface area contributed by atoms with Crippen molar-refractivity contribution in [2.24, 2.45) is 0 Å². The highest BCUT2D eigenvalue weighted by Crippen LogP contribution is 2.32. The zero-order valence-electron chi connectivity index (χ0n) is 19.3. The number of nitrogens with one attached hydrogen (secondary N) is 2. The van der Waals surface area contributed by atoms with Crippen LogP contribution in [0.5, 0.6) is 0 Å². The van der Waals surface area contributed by atoms with Gasteiger partial charge in [0, 0.05) is 31.5 Å². The Balaban J connectivity index is 1.98. The Kier molecular flexibility index (Phi) is 7.64. The third kappa shape index (κ3) is 5.00. The average molecular weight is 454 g/mol. The van der Waals surface area contributed by atoms with Crippen LogP contribution in [0.15, 0.2) is 41.2 Å². The van der Waals surface area contributed by atoms with Gasteiger partial charge in [-0.1, -0.05) is 45.9 Å². The zero-order chi connectivity index (χ0) is 23.4. The molecule has 0 atom stereocenters. The number of rotatable bonds is 8. The van der Waals surface area contributed by atoms with Crippen molar-refractivity contribution in [1.29, 1.82) is 0 Å². The molecular weight excluding hydrogens is 422 g/mol. The van der Waals surface area contributed by atoms with Crippen molar-refractivity contribution in [3.63, 3.8) is 0 Å². The van der Waals surface area contributed by atoms with E-state index in [0.717, 1.165) is 16.8 Å². The van der Waals surface area contributed by atoms with E-state index in [2.05, 4.69) is 50.1 Å². The molecule has 170 valence electrons. The number of para-hydroxylation sites is 1. The van der Waals surface area contributed by atoms with Crippen LogP contribution >= 0.6 is 12.2 Å². The first-order chi connectivity index (χ1) is 15.2. The second-order valence-electron chi connectivity index (χ2n) is 8.57. The largest absolute Gasteiger partial charge is 0.385 e. The first-order valence-corrected chi connectivity index (χ1v) is 11.3. The minimum absolute atomic E-state index is 0.168. The number of anilines is 1. The number of carbonyl (C=O) groups excluding carboxylic acids is 1. The number of ether oxygens (including phenoxy) is 1.